The zero-order chi connectivity index (χ0) is 18.8. The maximum absolute atomic E-state index is 12.7. The monoisotopic (exact) mass is 367 g/mol. The lowest BCUT2D eigenvalue weighted by Gasteiger charge is -2.40. The average Bonchev–Trinajstić information content (AvgIpc) is 3.15. The minimum absolute atomic E-state index is 0.0219. The average molecular weight is 367 g/mol. The van der Waals surface area contributed by atoms with E-state index in [0.717, 1.165) is 38.4 Å². The second kappa shape index (κ2) is 7.87. The smallest absolute Gasteiger partial charge is 0.289 e. The second-order valence-electron chi connectivity index (χ2n) is 8.00. The fraction of sp³-hybridized carbons (Fsp3) is 0.500. The number of furan rings is 1. The van der Waals surface area contributed by atoms with Gasteiger partial charge in [0.2, 0.25) is 0 Å². The zero-order valence-electron chi connectivity index (χ0n) is 16.4. The van der Waals surface area contributed by atoms with E-state index in [2.05, 4.69) is 29.2 Å². The van der Waals surface area contributed by atoms with Crippen molar-refractivity contribution in [3.63, 3.8) is 0 Å². The number of carbonyl (C=O) groups is 1. The van der Waals surface area contributed by atoms with Crippen molar-refractivity contribution >= 4 is 5.91 Å². The molecule has 1 amide bonds. The van der Waals surface area contributed by atoms with Gasteiger partial charge >= 0.3 is 0 Å². The number of aryl methyl sites for hydroxylation is 1. The van der Waals surface area contributed by atoms with Crippen LogP contribution in [-0.4, -0.2) is 66.9 Å². The molecule has 144 valence electrons. The van der Waals surface area contributed by atoms with E-state index < -0.39 is 0 Å². The van der Waals surface area contributed by atoms with Gasteiger partial charge in [0.05, 0.1) is 6.54 Å². The van der Waals surface area contributed by atoms with E-state index in [4.69, 9.17) is 4.42 Å². The molecule has 1 aromatic heterocycles. The van der Waals surface area contributed by atoms with E-state index in [1.807, 2.05) is 36.0 Å². The van der Waals surface area contributed by atoms with Crippen LogP contribution >= 0.6 is 0 Å². The molecule has 1 fully saturated rings. The number of fused-ring (bicyclic) bond motifs is 1. The van der Waals surface area contributed by atoms with Crippen molar-refractivity contribution in [1.29, 1.82) is 0 Å². The highest BCUT2D eigenvalue weighted by atomic mass is 16.4. The van der Waals surface area contributed by atoms with E-state index in [1.165, 1.54) is 24.0 Å². The summed E-state index contributed by atoms with van der Waals surface area (Å²) in [5, 5.41) is 0. The molecule has 1 aromatic carbocycles. The Morgan fingerprint density at radius 3 is 2.56 bits per heavy atom. The van der Waals surface area contributed by atoms with Crippen molar-refractivity contribution in [2.75, 3.05) is 40.3 Å². The van der Waals surface area contributed by atoms with Gasteiger partial charge in [0, 0.05) is 32.2 Å². The molecule has 2 aromatic rings. The first-order valence-electron chi connectivity index (χ1n) is 9.93. The second-order valence-corrected chi connectivity index (χ2v) is 8.00. The number of amides is 1. The van der Waals surface area contributed by atoms with Crippen molar-refractivity contribution in [2.45, 2.75) is 31.8 Å². The molecule has 0 spiro atoms. The van der Waals surface area contributed by atoms with Crippen LogP contribution in [0, 0.1) is 0 Å². The van der Waals surface area contributed by atoms with Crippen LogP contribution in [0.3, 0.4) is 0 Å². The van der Waals surface area contributed by atoms with Gasteiger partial charge in [-0.2, -0.15) is 0 Å². The molecule has 2 aliphatic rings. The van der Waals surface area contributed by atoms with Crippen LogP contribution in [0.5, 0.6) is 0 Å². The Hall–Kier alpha value is -2.11. The summed E-state index contributed by atoms with van der Waals surface area (Å²) >= 11 is 0. The largest absolute Gasteiger partial charge is 0.455 e. The number of benzene rings is 1. The molecule has 1 atom stereocenters. The number of piperazine rings is 1. The summed E-state index contributed by atoms with van der Waals surface area (Å²) in [6.07, 6.45) is 3.52. The van der Waals surface area contributed by atoms with Crippen LogP contribution in [0.2, 0.25) is 0 Å². The summed E-state index contributed by atoms with van der Waals surface area (Å²) in [6, 6.07) is 13.1. The van der Waals surface area contributed by atoms with Crippen LogP contribution in [0.1, 0.15) is 33.9 Å². The highest BCUT2D eigenvalue weighted by Gasteiger charge is 2.29. The predicted molar refractivity (Wildman–Crippen MR) is 106 cm³/mol. The van der Waals surface area contributed by atoms with Crippen molar-refractivity contribution in [3.8, 4) is 0 Å². The lowest BCUT2D eigenvalue weighted by atomic mass is 9.87. The first-order valence-corrected chi connectivity index (χ1v) is 9.93. The molecule has 5 heteroatoms. The Morgan fingerprint density at radius 2 is 1.81 bits per heavy atom. The summed E-state index contributed by atoms with van der Waals surface area (Å²) in [5.41, 5.74) is 3.00. The third kappa shape index (κ3) is 4.09. The third-order valence-corrected chi connectivity index (χ3v) is 5.78. The van der Waals surface area contributed by atoms with Gasteiger partial charge < -0.3 is 14.2 Å². The highest BCUT2D eigenvalue weighted by molar-refractivity contribution is 5.91. The van der Waals surface area contributed by atoms with E-state index in [-0.39, 0.29) is 5.91 Å². The van der Waals surface area contributed by atoms with Crippen molar-refractivity contribution in [2.24, 2.45) is 0 Å². The summed E-state index contributed by atoms with van der Waals surface area (Å²) < 4.78 is 5.75. The maximum Gasteiger partial charge on any atom is 0.289 e. The van der Waals surface area contributed by atoms with Gasteiger partial charge in [-0.15, -0.1) is 0 Å². The van der Waals surface area contributed by atoms with Crippen LogP contribution in [0.4, 0.5) is 0 Å². The number of nitrogens with zero attached hydrogens (tertiary/aromatic N) is 3. The molecule has 1 saturated heterocycles. The molecule has 2 heterocycles. The van der Waals surface area contributed by atoms with Crippen LogP contribution in [0.25, 0.3) is 0 Å². The normalized spacial score (nSPS) is 20.7. The summed E-state index contributed by atoms with van der Waals surface area (Å²) in [7, 11) is 3.99. The molecule has 0 radical (unpaired) electrons. The van der Waals surface area contributed by atoms with Gasteiger partial charge in [-0.25, -0.2) is 0 Å². The minimum atomic E-state index is 0.0219. The Labute approximate surface area is 161 Å². The molecule has 0 unspecified atom stereocenters. The SMILES string of the molecule is CN(C)Cc1ccc(C(=O)N2CCN([C@@H]3CCc4ccccc4C3)CC2)o1. The summed E-state index contributed by atoms with van der Waals surface area (Å²) in [6.45, 7) is 4.17. The molecular formula is C22H29N3O2. The molecule has 0 bridgehead atoms. The molecule has 27 heavy (non-hydrogen) atoms. The topological polar surface area (TPSA) is 39.9 Å². The first-order chi connectivity index (χ1) is 13.1. The zero-order valence-corrected chi connectivity index (χ0v) is 16.4. The number of hydrogen-bond acceptors (Lipinski definition) is 4. The van der Waals surface area contributed by atoms with E-state index >= 15 is 0 Å². The molecule has 4 rings (SSSR count). The van der Waals surface area contributed by atoms with Gasteiger partial charge in [0.1, 0.15) is 5.76 Å². The first kappa shape index (κ1) is 18.3. The maximum atomic E-state index is 12.7. The number of carbonyl (C=O) groups excluding carboxylic acids is 1. The molecule has 0 saturated carbocycles. The van der Waals surface area contributed by atoms with Crippen LogP contribution in [-0.2, 0) is 19.4 Å². The summed E-state index contributed by atoms with van der Waals surface area (Å²) in [4.78, 5) is 19.3. The van der Waals surface area contributed by atoms with Crippen molar-refractivity contribution in [3.05, 3.63) is 59.0 Å². The highest BCUT2D eigenvalue weighted by Crippen LogP contribution is 2.25. The van der Waals surface area contributed by atoms with Gasteiger partial charge in [-0.1, -0.05) is 24.3 Å². The fourth-order valence-corrected chi connectivity index (χ4v) is 4.33. The van der Waals surface area contributed by atoms with Crippen molar-refractivity contribution in [1.82, 2.24) is 14.7 Å². The van der Waals surface area contributed by atoms with Crippen LogP contribution in [0.15, 0.2) is 40.8 Å². The Morgan fingerprint density at radius 1 is 1.07 bits per heavy atom. The standard InChI is InChI=1S/C22H29N3O2/c1-23(2)16-20-9-10-21(27-20)22(26)25-13-11-24(12-14-25)19-8-7-17-5-3-4-6-18(17)15-19/h3-6,9-10,19H,7-8,11-16H2,1-2H3/t19-/m1/s1. The predicted octanol–water partition coefficient (Wildman–Crippen LogP) is 2.66. The summed E-state index contributed by atoms with van der Waals surface area (Å²) in [5.74, 6) is 1.32. The minimum Gasteiger partial charge on any atom is -0.455 e. The van der Waals surface area contributed by atoms with E-state index in [9.17, 15) is 4.79 Å². The van der Waals surface area contributed by atoms with Crippen LogP contribution < -0.4 is 0 Å². The van der Waals surface area contributed by atoms with E-state index in [1.54, 1.807) is 0 Å². The Kier molecular flexibility index (Phi) is 5.32. The molecule has 0 N–H and O–H groups in total. The third-order valence-electron chi connectivity index (χ3n) is 5.78. The lowest BCUT2D eigenvalue weighted by Crippen LogP contribution is -2.53. The van der Waals surface area contributed by atoms with Gasteiger partial charge in [0.15, 0.2) is 5.76 Å². The fourth-order valence-electron chi connectivity index (χ4n) is 4.33. The quantitative estimate of drug-likeness (QED) is 0.833. The molecule has 5 nitrogen and oxygen atoms in total. The molecule has 1 aliphatic carbocycles. The lowest BCUT2D eigenvalue weighted by molar-refractivity contribution is 0.0523. The van der Waals surface area contributed by atoms with Crippen molar-refractivity contribution < 1.29 is 9.21 Å². The van der Waals surface area contributed by atoms with Gasteiger partial charge in [-0.05, 0) is 56.6 Å². The number of rotatable bonds is 4. The Balaban J connectivity index is 1.32. The van der Waals surface area contributed by atoms with Gasteiger partial charge in [-0.3, -0.25) is 9.69 Å². The Bertz CT molecular complexity index is 790. The molecular weight excluding hydrogens is 338 g/mol. The van der Waals surface area contributed by atoms with Gasteiger partial charge in [0.25, 0.3) is 5.91 Å². The van der Waals surface area contributed by atoms with E-state index in [0.29, 0.717) is 18.3 Å². The molecule has 1 aliphatic heterocycles. The number of hydrogen-bond donors (Lipinski definition) is 0.